The molecule has 0 saturated carbocycles. The molecule has 1 rings (SSSR count). The molecule has 0 saturated heterocycles. The first-order valence-corrected chi connectivity index (χ1v) is 10.1. The third-order valence-electron chi connectivity index (χ3n) is 3.11. The summed E-state index contributed by atoms with van der Waals surface area (Å²) in [7, 11) is -1.73. The van der Waals surface area contributed by atoms with Gasteiger partial charge in [0.05, 0.1) is 12.7 Å². The summed E-state index contributed by atoms with van der Waals surface area (Å²) in [6.07, 6.45) is 1.94. The van der Waals surface area contributed by atoms with Crippen LogP contribution in [0.1, 0.15) is 18.9 Å². The maximum atomic E-state index is 11.1. The molecule has 1 aromatic carbocycles. The van der Waals surface area contributed by atoms with Crippen molar-refractivity contribution in [2.45, 2.75) is 45.2 Å². The molecule has 110 valence electrons. The normalized spacial score (nSPS) is 12.8. The lowest BCUT2D eigenvalue weighted by atomic mass is 10.2. The zero-order chi connectivity index (χ0) is 15.0. The molecule has 0 aliphatic rings. The highest BCUT2D eigenvalue weighted by Crippen LogP contribution is 2.18. The van der Waals surface area contributed by atoms with E-state index in [0.29, 0.717) is 6.61 Å². The molecule has 0 aromatic heterocycles. The lowest BCUT2D eigenvalue weighted by Crippen LogP contribution is -2.31. The van der Waals surface area contributed by atoms with Gasteiger partial charge in [0, 0.05) is 6.08 Å². The first kappa shape index (κ1) is 16.7. The smallest absolute Gasteiger partial charge is 0.330 e. The Labute approximate surface area is 122 Å². The number of rotatable bonds is 8. The highest BCUT2D eigenvalue weighted by Gasteiger charge is 2.23. The van der Waals surface area contributed by atoms with Crippen LogP contribution in [0, 0.1) is 0 Å². The minimum absolute atomic E-state index is 0.0902. The minimum atomic E-state index is -1.73. The SMILES string of the molecule is C=CC(=O)OC(C)CC[Si](C)(C)OCc1ccccc1. The average molecular weight is 292 g/mol. The zero-order valence-corrected chi connectivity index (χ0v) is 13.6. The molecular formula is C16H24O3Si. The Morgan fingerprint density at radius 3 is 2.60 bits per heavy atom. The molecule has 0 aliphatic carbocycles. The number of benzene rings is 1. The fourth-order valence-corrected chi connectivity index (χ4v) is 3.58. The summed E-state index contributed by atoms with van der Waals surface area (Å²) < 4.78 is 11.2. The molecule has 0 spiro atoms. The number of carbonyl (C=O) groups is 1. The Balaban J connectivity index is 2.33. The second kappa shape index (κ2) is 8.02. The van der Waals surface area contributed by atoms with Crippen LogP contribution in [0.2, 0.25) is 19.1 Å². The molecule has 4 heteroatoms. The van der Waals surface area contributed by atoms with Crippen LogP contribution in [0.3, 0.4) is 0 Å². The molecule has 1 atom stereocenters. The summed E-state index contributed by atoms with van der Waals surface area (Å²) in [5.41, 5.74) is 1.19. The first-order valence-electron chi connectivity index (χ1n) is 6.94. The third kappa shape index (κ3) is 6.68. The van der Waals surface area contributed by atoms with Crippen molar-refractivity contribution in [2.75, 3.05) is 0 Å². The maximum absolute atomic E-state index is 11.1. The van der Waals surface area contributed by atoms with Gasteiger partial charge in [-0.15, -0.1) is 0 Å². The van der Waals surface area contributed by atoms with Crippen LogP contribution in [-0.2, 0) is 20.6 Å². The fourth-order valence-electron chi connectivity index (χ4n) is 1.78. The van der Waals surface area contributed by atoms with E-state index in [1.165, 1.54) is 11.6 Å². The van der Waals surface area contributed by atoms with Crippen LogP contribution in [0.4, 0.5) is 0 Å². The number of hydrogen-bond donors (Lipinski definition) is 0. The topological polar surface area (TPSA) is 35.5 Å². The van der Waals surface area contributed by atoms with E-state index >= 15 is 0 Å². The molecule has 0 bridgehead atoms. The first-order chi connectivity index (χ1) is 9.43. The van der Waals surface area contributed by atoms with Gasteiger partial charge in [-0.2, -0.15) is 0 Å². The highest BCUT2D eigenvalue weighted by molar-refractivity contribution is 6.71. The molecule has 0 N–H and O–H groups in total. The third-order valence-corrected chi connectivity index (χ3v) is 5.53. The van der Waals surface area contributed by atoms with Crippen molar-refractivity contribution in [3.05, 3.63) is 48.6 Å². The van der Waals surface area contributed by atoms with Gasteiger partial charge in [0.25, 0.3) is 0 Å². The summed E-state index contributed by atoms with van der Waals surface area (Å²) in [5.74, 6) is -0.359. The van der Waals surface area contributed by atoms with E-state index in [1.807, 2.05) is 25.1 Å². The van der Waals surface area contributed by atoms with Crippen molar-refractivity contribution in [3.63, 3.8) is 0 Å². The van der Waals surface area contributed by atoms with E-state index in [2.05, 4.69) is 31.8 Å². The maximum Gasteiger partial charge on any atom is 0.330 e. The summed E-state index contributed by atoms with van der Waals surface area (Å²) in [4.78, 5) is 11.1. The number of carbonyl (C=O) groups excluding carboxylic acids is 1. The van der Waals surface area contributed by atoms with Crippen molar-refractivity contribution in [2.24, 2.45) is 0 Å². The molecule has 1 aromatic rings. The van der Waals surface area contributed by atoms with Gasteiger partial charge in [-0.1, -0.05) is 36.9 Å². The van der Waals surface area contributed by atoms with Crippen LogP contribution < -0.4 is 0 Å². The molecule has 0 amide bonds. The van der Waals surface area contributed by atoms with Crippen molar-refractivity contribution < 1.29 is 14.0 Å². The van der Waals surface area contributed by atoms with Crippen molar-refractivity contribution >= 4 is 14.3 Å². The van der Waals surface area contributed by atoms with Gasteiger partial charge < -0.3 is 9.16 Å². The summed E-state index contributed by atoms with van der Waals surface area (Å²) in [6, 6.07) is 11.1. The van der Waals surface area contributed by atoms with Gasteiger partial charge in [-0.05, 0) is 38.0 Å². The van der Waals surface area contributed by atoms with Crippen molar-refractivity contribution in [1.29, 1.82) is 0 Å². The largest absolute Gasteiger partial charge is 0.460 e. The highest BCUT2D eigenvalue weighted by atomic mass is 28.4. The van der Waals surface area contributed by atoms with E-state index in [9.17, 15) is 4.79 Å². The Kier molecular flexibility index (Phi) is 6.68. The molecule has 1 unspecified atom stereocenters. The van der Waals surface area contributed by atoms with Gasteiger partial charge >= 0.3 is 5.97 Å². The van der Waals surface area contributed by atoms with Crippen molar-refractivity contribution in [1.82, 2.24) is 0 Å². The van der Waals surface area contributed by atoms with Crippen LogP contribution in [0.25, 0.3) is 0 Å². The van der Waals surface area contributed by atoms with E-state index < -0.39 is 8.32 Å². The Morgan fingerprint density at radius 2 is 2.00 bits per heavy atom. The van der Waals surface area contributed by atoms with Crippen LogP contribution in [0.15, 0.2) is 43.0 Å². The van der Waals surface area contributed by atoms with E-state index in [0.717, 1.165) is 12.5 Å². The van der Waals surface area contributed by atoms with Gasteiger partial charge in [0.15, 0.2) is 8.32 Å². The Bertz CT molecular complexity index is 429. The van der Waals surface area contributed by atoms with Gasteiger partial charge in [0.1, 0.15) is 0 Å². The predicted molar refractivity (Wildman–Crippen MR) is 83.9 cm³/mol. The fraction of sp³-hybridized carbons (Fsp3) is 0.438. The number of ether oxygens (including phenoxy) is 1. The summed E-state index contributed by atoms with van der Waals surface area (Å²) in [6.45, 7) is 10.3. The summed E-state index contributed by atoms with van der Waals surface area (Å²) >= 11 is 0. The second-order valence-corrected chi connectivity index (χ2v) is 9.83. The summed E-state index contributed by atoms with van der Waals surface area (Å²) in [5, 5.41) is 0. The number of esters is 1. The number of hydrogen-bond acceptors (Lipinski definition) is 3. The van der Waals surface area contributed by atoms with Gasteiger partial charge in [-0.25, -0.2) is 4.79 Å². The van der Waals surface area contributed by atoms with Crippen LogP contribution in [-0.4, -0.2) is 20.4 Å². The zero-order valence-electron chi connectivity index (χ0n) is 12.6. The predicted octanol–water partition coefficient (Wildman–Crippen LogP) is 3.92. The van der Waals surface area contributed by atoms with Crippen molar-refractivity contribution in [3.8, 4) is 0 Å². The van der Waals surface area contributed by atoms with E-state index in [-0.39, 0.29) is 12.1 Å². The minimum Gasteiger partial charge on any atom is -0.460 e. The molecule has 0 fully saturated rings. The standard InChI is InChI=1S/C16H24O3Si/c1-5-16(17)19-14(2)11-12-20(3,4)18-13-15-9-7-6-8-10-15/h5-10,14H,1,11-13H2,2-4H3. The van der Waals surface area contributed by atoms with E-state index in [1.54, 1.807) is 0 Å². The second-order valence-electron chi connectivity index (χ2n) is 5.52. The Hall–Kier alpha value is -1.39. The lowest BCUT2D eigenvalue weighted by molar-refractivity contribution is -0.142. The molecule has 3 nitrogen and oxygen atoms in total. The Morgan fingerprint density at radius 1 is 1.35 bits per heavy atom. The van der Waals surface area contributed by atoms with Gasteiger partial charge in [0.2, 0.25) is 0 Å². The van der Waals surface area contributed by atoms with Gasteiger partial charge in [-0.3, -0.25) is 0 Å². The van der Waals surface area contributed by atoms with E-state index in [4.69, 9.17) is 9.16 Å². The lowest BCUT2D eigenvalue weighted by Gasteiger charge is -2.24. The molecule has 0 aliphatic heterocycles. The molecule has 20 heavy (non-hydrogen) atoms. The van der Waals surface area contributed by atoms with Crippen LogP contribution in [0.5, 0.6) is 0 Å². The monoisotopic (exact) mass is 292 g/mol. The van der Waals surface area contributed by atoms with Crippen LogP contribution >= 0.6 is 0 Å². The quantitative estimate of drug-likeness (QED) is 0.414. The molecule has 0 heterocycles. The molecule has 0 radical (unpaired) electrons. The average Bonchev–Trinajstić information content (AvgIpc) is 2.44. The molecular weight excluding hydrogens is 268 g/mol.